The summed E-state index contributed by atoms with van der Waals surface area (Å²) in [6.07, 6.45) is 0. The van der Waals surface area contributed by atoms with Gasteiger partial charge in [-0.2, -0.15) is 5.10 Å². The molecule has 1 aromatic rings. The molecule has 0 unspecified atom stereocenters. The van der Waals surface area contributed by atoms with E-state index in [1.165, 1.54) is 6.07 Å². The molecule has 0 fully saturated rings. The van der Waals surface area contributed by atoms with Crippen molar-refractivity contribution in [3.8, 4) is 0 Å². The van der Waals surface area contributed by atoms with E-state index in [2.05, 4.69) is 15.5 Å². The number of carbonyl (C=O) groups excluding carboxylic acids is 2. The predicted octanol–water partition coefficient (Wildman–Crippen LogP) is -1.79. The van der Waals surface area contributed by atoms with Crippen LogP contribution in [0.3, 0.4) is 0 Å². The van der Waals surface area contributed by atoms with E-state index in [1.54, 1.807) is 0 Å². The Morgan fingerprint density at radius 3 is 2.77 bits per heavy atom. The molecule has 0 atom stereocenters. The number of hydrogen-bond acceptors (Lipinski definition) is 4. The number of H-pyrrole nitrogens is 1. The van der Waals surface area contributed by atoms with Gasteiger partial charge >= 0.3 is 0 Å². The first-order valence-electron chi connectivity index (χ1n) is 3.47. The first kappa shape index (κ1) is 9.04. The number of nitrogens with two attached hydrogens (primary N) is 2. The van der Waals surface area contributed by atoms with Crippen molar-refractivity contribution in [2.45, 2.75) is 0 Å². The van der Waals surface area contributed by atoms with Crippen molar-refractivity contribution in [2.75, 3.05) is 12.3 Å². The highest BCUT2D eigenvalue weighted by Gasteiger charge is 2.08. The Balaban J connectivity index is 2.54. The van der Waals surface area contributed by atoms with Gasteiger partial charge in [0.15, 0.2) is 0 Å². The van der Waals surface area contributed by atoms with Crippen LogP contribution in [-0.2, 0) is 4.79 Å². The molecule has 0 bridgehead atoms. The first-order chi connectivity index (χ1) is 6.09. The molecule has 70 valence electrons. The number of nitrogen functional groups attached to an aromatic ring is 1. The molecule has 1 aromatic heterocycles. The number of aromatic amines is 1. The molecule has 13 heavy (non-hydrogen) atoms. The molecule has 0 radical (unpaired) electrons. The van der Waals surface area contributed by atoms with Crippen molar-refractivity contribution < 1.29 is 9.59 Å². The molecule has 0 aromatic carbocycles. The van der Waals surface area contributed by atoms with E-state index in [0.29, 0.717) is 0 Å². The fourth-order valence-corrected chi connectivity index (χ4v) is 0.716. The van der Waals surface area contributed by atoms with Crippen LogP contribution in [0.25, 0.3) is 0 Å². The second-order valence-corrected chi connectivity index (χ2v) is 2.36. The van der Waals surface area contributed by atoms with Crippen molar-refractivity contribution in [2.24, 2.45) is 5.73 Å². The maximum absolute atomic E-state index is 11.1. The van der Waals surface area contributed by atoms with Gasteiger partial charge in [0.2, 0.25) is 5.91 Å². The molecule has 2 amide bonds. The van der Waals surface area contributed by atoms with Gasteiger partial charge in [-0.15, -0.1) is 0 Å². The lowest BCUT2D eigenvalue weighted by Gasteiger charge is -1.98. The zero-order valence-corrected chi connectivity index (χ0v) is 6.70. The summed E-state index contributed by atoms with van der Waals surface area (Å²) < 4.78 is 0. The van der Waals surface area contributed by atoms with Crippen molar-refractivity contribution in [3.05, 3.63) is 11.8 Å². The average molecular weight is 183 g/mol. The number of amides is 2. The smallest absolute Gasteiger partial charge is 0.269 e. The van der Waals surface area contributed by atoms with Crippen molar-refractivity contribution in [1.29, 1.82) is 0 Å². The number of carbonyl (C=O) groups is 2. The van der Waals surface area contributed by atoms with E-state index in [4.69, 9.17) is 11.5 Å². The summed E-state index contributed by atoms with van der Waals surface area (Å²) >= 11 is 0. The standard InChI is InChI=1S/C6H9N5O2/c7-4-1-3(10-11-4)6(13)9-2-5(8)12/h1H,2H2,(H2,8,12)(H,9,13)(H3,7,10,11). The third-order valence-electron chi connectivity index (χ3n) is 1.27. The maximum Gasteiger partial charge on any atom is 0.269 e. The Kier molecular flexibility index (Phi) is 2.48. The summed E-state index contributed by atoms with van der Waals surface area (Å²) in [4.78, 5) is 21.4. The molecule has 1 rings (SSSR count). The van der Waals surface area contributed by atoms with Crippen molar-refractivity contribution in [3.63, 3.8) is 0 Å². The second-order valence-electron chi connectivity index (χ2n) is 2.36. The summed E-state index contributed by atoms with van der Waals surface area (Å²) in [5, 5.41) is 8.20. The van der Waals surface area contributed by atoms with Crippen LogP contribution >= 0.6 is 0 Å². The second kappa shape index (κ2) is 3.57. The van der Waals surface area contributed by atoms with Crippen LogP contribution in [0.4, 0.5) is 5.82 Å². The van der Waals surface area contributed by atoms with Crippen LogP contribution in [0, 0.1) is 0 Å². The van der Waals surface area contributed by atoms with Crippen LogP contribution in [0.2, 0.25) is 0 Å². The number of aromatic nitrogens is 2. The Morgan fingerprint density at radius 1 is 1.62 bits per heavy atom. The molecule has 0 saturated heterocycles. The summed E-state index contributed by atoms with van der Waals surface area (Å²) in [5.41, 5.74) is 10.3. The molecule has 0 saturated carbocycles. The van der Waals surface area contributed by atoms with Crippen LogP contribution in [0.5, 0.6) is 0 Å². The van der Waals surface area contributed by atoms with Gasteiger partial charge in [0, 0.05) is 6.07 Å². The monoisotopic (exact) mass is 183 g/mol. The minimum atomic E-state index is -0.610. The van der Waals surface area contributed by atoms with Crippen LogP contribution in [-0.4, -0.2) is 28.6 Å². The van der Waals surface area contributed by atoms with Gasteiger partial charge in [-0.25, -0.2) is 0 Å². The third-order valence-corrected chi connectivity index (χ3v) is 1.27. The number of nitrogens with one attached hydrogen (secondary N) is 2. The highest BCUT2D eigenvalue weighted by atomic mass is 16.2. The van der Waals surface area contributed by atoms with Gasteiger partial charge in [-0.1, -0.05) is 0 Å². The van der Waals surface area contributed by atoms with Gasteiger partial charge in [-0.05, 0) is 0 Å². The van der Waals surface area contributed by atoms with Crippen LogP contribution < -0.4 is 16.8 Å². The summed E-state index contributed by atoms with van der Waals surface area (Å²) in [5.74, 6) is -0.868. The van der Waals surface area contributed by atoms with Gasteiger partial charge in [-0.3, -0.25) is 14.7 Å². The zero-order valence-electron chi connectivity index (χ0n) is 6.70. The molecule has 0 spiro atoms. The van der Waals surface area contributed by atoms with Gasteiger partial charge in [0.1, 0.15) is 11.5 Å². The highest BCUT2D eigenvalue weighted by molar-refractivity contribution is 5.95. The van der Waals surface area contributed by atoms with Crippen molar-refractivity contribution in [1.82, 2.24) is 15.5 Å². The summed E-state index contributed by atoms with van der Waals surface area (Å²) in [6.45, 7) is -0.211. The molecule has 0 aliphatic rings. The summed E-state index contributed by atoms with van der Waals surface area (Å²) in [6, 6.07) is 1.36. The minimum Gasteiger partial charge on any atom is -0.382 e. The number of hydrogen-bond donors (Lipinski definition) is 4. The third kappa shape index (κ3) is 2.47. The minimum absolute atomic E-state index is 0.193. The van der Waals surface area contributed by atoms with Crippen LogP contribution in [0.1, 0.15) is 10.5 Å². The van der Waals surface area contributed by atoms with Gasteiger partial charge in [0.05, 0.1) is 6.54 Å². The molecule has 0 aliphatic carbocycles. The molecule has 7 heteroatoms. The zero-order chi connectivity index (χ0) is 9.84. The fourth-order valence-electron chi connectivity index (χ4n) is 0.716. The number of nitrogens with zero attached hydrogens (tertiary/aromatic N) is 1. The molecule has 6 N–H and O–H groups in total. The maximum atomic E-state index is 11.1. The Bertz CT molecular complexity index is 332. The Hall–Kier alpha value is -2.05. The summed E-state index contributed by atoms with van der Waals surface area (Å²) in [7, 11) is 0. The quantitative estimate of drug-likeness (QED) is 0.441. The Morgan fingerprint density at radius 2 is 2.31 bits per heavy atom. The number of anilines is 1. The first-order valence-corrected chi connectivity index (χ1v) is 3.47. The molecule has 7 nitrogen and oxygen atoms in total. The lowest BCUT2D eigenvalue weighted by molar-refractivity contribution is -0.117. The van der Waals surface area contributed by atoms with Crippen LogP contribution in [0.15, 0.2) is 6.07 Å². The Labute approximate surface area is 73.5 Å². The lowest BCUT2D eigenvalue weighted by atomic mass is 10.4. The number of rotatable bonds is 3. The predicted molar refractivity (Wildman–Crippen MR) is 44.5 cm³/mol. The van der Waals surface area contributed by atoms with Gasteiger partial charge in [0.25, 0.3) is 5.91 Å². The molecule has 0 aliphatic heterocycles. The van der Waals surface area contributed by atoms with Gasteiger partial charge < -0.3 is 16.8 Å². The van der Waals surface area contributed by atoms with E-state index in [-0.39, 0.29) is 18.1 Å². The van der Waals surface area contributed by atoms with E-state index < -0.39 is 11.8 Å². The topological polar surface area (TPSA) is 127 Å². The molecule has 1 heterocycles. The average Bonchev–Trinajstić information content (AvgIpc) is 2.47. The SMILES string of the molecule is NC(=O)CNC(=O)c1cc(N)n[nH]1. The van der Waals surface area contributed by atoms with E-state index >= 15 is 0 Å². The molecular formula is C6H9N5O2. The molecular weight excluding hydrogens is 174 g/mol. The normalized spacial score (nSPS) is 9.54. The van der Waals surface area contributed by atoms with E-state index in [9.17, 15) is 9.59 Å². The van der Waals surface area contributed by atoms with Crippen molar-refractivity contribution >= 4 is 17.6 Å². The van der Waals surface area contributed by atoms with E-state index in [1.807, 2.05) is 0 Å². The largest absolute Gasteiger partial charge is 0.382 e. The highest BCUT2D eigenvalue weighted by Crippen LogP contribution is 1.98. The lowest BCUT2D eigenvalue weighted by Crippen LogP contribution is -2.33. The fraction of sp³-hybridized carbons (Fsp3) is 0.167. The van der Waals surface area contributed by atoms with E-state index in [0.717, 1.165) is 0 Å². The number of primary amides is 1.